The summed E-state index contributed by atoms with van der Waals surface area (Å²) in [5, 5.41) is 0.871. The Morgan fingerprint density at radius 2 is 1.73 bits per heavy atom. The van der Waals surface area contributed by atoms with Gasteiger partial charge in [0.05, 0.1) is 5.69 Å². The van der Waals surface area contributed by atoms with Crippen LogP contribution in [0.25, 0.3) is 0 Å². The molecule has 0 spiro atoms. The standard InChI is InChI=1S/C12H12Cl5N3OS/c1-6(2)10-18-20(22-12(15,16)17)11(21)19(10)9-4-7(13)3-8(14)5-9/h3-6,10,18H,1-2H3. The van der Waals surface area contributed by atoms with Crippen LogP contribution >= 0.6 is 70.0 Å². The van der Waals surface area contributed by atoms with Gasteiger partial charge in [-0.1, -0.05) is 71.9 Å². The van der Waals surface area contributed by atoms with E-state index in [2.05, 4.69) is 5.43 Å². The Morgan fingerprint density at radius 3 is 2.18 bits per heavy atom. The summed E-state index contributed by atoms with van der Waals surface area (Å²) in [6.07, 6.45) is -0.318. The fourth-order valence-corrected chi connectivity index (χ4v) is 3.68. The Kier molecular flexibility index (Phi) is 5.92. The van der Waals surface area contributed by atoms with Gasteiger partial charge in [0.2, 0.25) is 0 Å². The van der Waals surface area contributed by atoms with Crippen molar-refractivity contribution in [2.45, 2.75) is 23.1 Å². The van der Waals surface area contributed by atoms with Gasteiger partial charge >= 0.3 is 6.03 Å². The third kappa shape index (κ3) is 4.41. The zero-order chi connectivity index (χ0) is 16.7. The molecule has 1 aliphatic rings. The third-order valence-electron chi connectivity index (χ3n) is 2.86. The van der Waals surface area contributed by atoms with Crippen LogP contribution in [0.3, 0.4) is 0 Å². The van der Waals surface area contributed by atoms with E-state index in [1.807, 2.05) is 13.8 Å². The van der Waals surface area contributed by atoms with Gasteiger partial charge in [-0.25, -0.2) is 4.79 Å². The van der Waals surface area contributed by atoms with Crippen molar-refractivity contribution < 1.29 is 4.79 Å². The van der Waals surface area contributed by atoms with Crippen LogP contribution < -0.4 is 10.3 Å². The summed E-state index contributed by atoms with van der Waals surface area (Å²) in [7, 11) is 0. The number of amides is 2. The number of urea groups is 1. The molecule has 0 radical (unpaired) electrons. The molecule has 1 aromatic carbocycles. The van der Waals surface area contributed by atoms with Crippen molar-refractivity contribution in [3.8, 4) is 0 Å². The largest absolute Gasteiger partial charge is 0.350 e. The molecule has 22 heavy (non-hydrogen) atoms. The zero-order valence-electron chi connectivity index (χ0n) is 11.5. The Labute approximate surface area is 158 Å². The smallest absolute Gasteiger partial charge is 0.274 e. The molecule has 1 aromatic rings. The SMILES string of the molecule is CC(C)C1NN(SC(Cl)(Cl)Cl)C(=O)N1c1cc(Cl)cc(Cl)c1. The summed E-state index contributed by atoms with van der Waals surface area (Å²) >= 11 is 30.1. The molecule has 1 aliphatic heterocycles. The number of hydrazine groups is 1. The molecule has 1 saturated heterocycles. The molecule has 122 valence electrons. The molecule has 2 amide bonds. The normalized spacial score (nSPS) is 19.5. The molecule has 4 nitrogen and oxygen atoms in total. The quantitative estimate of drug-likeness (QED) is 0.500. The van der Waals surface area contributed by atoms with Crippen LogP contribution in [0.2, 0.25) is 10.0 Å². The molecule has 1 fully saturated rings. The second-order valence-electron chi connectivity index (χ2n) is 4.93. The molecule has 0 saturated carbocycles. The topological polar surface area (TPSA) is 35.6 Å². The number of benzene rings is 1. The molecule has 0 aromatic heterocycles. The lowest BCUT2D eigenvalue weighted by molar-refractivity contribution is 0.235. The first kappa shape index (κ1) is 18.6. The van der Waals surface area contributed by atoms with Gasteiger partial charge in [-0.2, -0.15) is 9.84 Å². The first-order valence-corrected chi connectivity index (χ1v) is 8.86. The number of rotatable bonds is 3. The predicted octanol–water partition coefficient (Wildman–Crippen LogP) is 5.70. The number of hydrogen-bond acceptors (Lipinski definition) is 3. The van der Waals surface area contributed by atoms with Crippen LogP contribution in [0.5, 0.6) is 0 Å². The summed E-state index contributed by atoms with van der Waals surface area (Å²) < 4.78 is -0.460. The highest BCUT2D eigenvalue weighted by Gasteiger charge is 2.43. The molecule has 1 heterocycles. The summed E-state index contributed by atoms with van der Waals surface area (Å²) in [6.45, 7) is 3.93. The minimum Gasteiger partial charge on any atom is -0.274 e. The number of halogens is 5. The van der Waals surface area contributed by atoms with Crippen molar-refractivity contribution in [3.05, 3.63) is 28.2 Å². The van der Waals surface area contributed by atoms with E-state index < -0.39 is 3.12 Å². The van der Waals surface area contributed by atoms with Crippen molar-refractivity contribution >= 4 is 81.7 Å². The fourth-order valence-electron chi connectivity index (χ4n) is 2.02. The minimum atomic E-state index is -1.66. The molecule has 1 unspecified atom stereocenters. The van der Waals surface area contributed by atoms with Gasteiger partial charge in [0.15, 0.2) is 0 Å². The van der Waals surface area contributed by atoms with E-state index >= 15 is 0 Å². The van der Waals surface area contributed by atoms with Crippen LogP contribution in [0.15, 0.2) is 18.2 Å². The Hall–Kier alpha value is 0.250. The lowest BCUT2D eigenvalue weighted by Gasteiger charge is -2.25. The Bertz CT molecular complexity index is 560. The van der Waals surface area contributed by atoms with Crippen LogP contribution in [0.1, 0.15) is 13.8 Å². The second-order valence-corrected chi connectivity index (χ2v) is 9.92. The predicted molar refractivity (Wildman–Crippen MR) is 95.8 cm³/mol. The van der Waals surface area contributed by atoms with Crippen LogP contribution in [0, 0.1) is 5.92 Å². The summed E-state index contributed by atoms with van der Waals surface area (Å²) in [5.41, 5.74) is 3.59. The van der Waals surface area contributed by atoms with E-state index in [4.69, 9.17) is 58.0 Å². The molecule has 1 N–H and O–H groups in total. The Morgan fingerprint density at radius 1 is 1.18 bits per heavy atom. The molecule has 1 atom stereocenters. The number of hydrogen-bond donors (Lipinski definition) is 1. The van der Waals surface area contributed by atoms with E-state index in [0.29, 0.717) is 15.7 Å². The lowest BCUT2D eigenvalue weighted by Crippen LogP contribution is -2.41. The average Bonchev–Trinajstić information content (AvgIpc) is 2.63. The van der Waals surface area contributed by atoms with Crippen molar-refractivity contribution in [1.82, 2.24) is 9.84 Å². The molecule has 2 rings (SSSR count). The molecule has 0 aliphatic carbocycles. The van der Waals surface area contributed by atoms with Gasteiger partial charge in [0.1, 0.15) is 6.17 Å². The lowest BCUT2D eigenvalue weighted by atomic mass is 10.1. The Balaban J connectivity index is 2.36. The van der Waals surface area contributed by atoms with Crippen LogP contribution in [-0.2, 0) is 0 Å². The van der Waals surface area contributed by atoms with Gasteiger partial charge in [-0.3, -0.25) is 4.90 Å². The van der Waals surface area contributed by atoms with Gasteiger partial charge in [-0.05, 0) is 24.1 Å². The number of nitrogens with one attached hydrogen (secondary N) is 1. The average molecular weight is 424 g/mol. The summed E-state index contributed by atoms with van der Waals surface area (Å²) in [4.78, 5) is 14.2. The van der Waals surface area contributed by atoms with Gasteiger partial charge in [0, 0.05) is 22.0 Å². The summed E-state index contributed by atoms with van der Waals surface area (Å²) in [6, 6.07) is 4.55. The van der Waals surface area contributed by atoms with E-state index in [9.17, 15) is 4.79 Å². The maximum absolute atomic E-state index is 12.6. The van der Waals surface area contributed by atoms with Gasteiger partial charge in [0.25, 0.3) is 3.12 Å². The summed E-state index contributed by atoms with van der Waals surface area (Å²) in [5.74, 6) is 0.0997. The van der Waals surface area contributed by atoms with Crippen LogP contribution in [0.4, 0.5) is 10.5 Å². The van der Waals surface area contributed by atoms with E-state index in [0.717, 1.165) is 11.9 Å². The van der Waals surface area contributed by atoms with Crippen molar-refractivity contribution in [2.75, 3.05) is 4.90 Å². The zero-order valence-corrected chi connectivity index (χ0v) is 16.1. The minimum absolute atomic E-state index is 0.0997. The van der Waals surface area contributed by atoms with Gasteiger partial charge < -0.3 is 0 Å². The van der Waals surface area contributed by atoms with Gasteiger partial charge in [-0.15, -0.1) is 0 Å². The second kappa shape index (κ2) is 7.01. The molecule has 10 heteroatoms. The van der Waals surface area contributed by atoms with E-state index in [-0.39, 0.29) is 18.1 Å². The highest BCUT2D eigenvalue weighted by atomic mass is 35.6. The van der Waals surface area contributed by atoms with Crippen molar-refractivity contribution in [3.63, 3.8) is 0 Å². The van der Waals surface area contributed by atoms with Crippen molar-refractivity contribution in [2.24, 2.45) is 5.92 Å². The van der Waals surface area contributed by atoms with Crippen LogP contribution in [-0.4, -0.2) is 19.7 Å². The number of carbonyl (C=O) groups excluding carboxylic acids is 1. The number of carbonyl (C=O) groups is 1. The number of nitrogens with zero attached hydrogens (tertiary/aromatic N) is 2. The monoisotopic (exact) mass is 421 g/mol. The van der Waals surface area contributed by atoms with Crippen molar-refractivity contribution in [1.29, 1.82) is 0 Å². The fraction of sp³-hybridized carbons (Fsp3) is 0.417. The number of alkyl halides is 3. The highest BCUT2D eigenvalue weighted by Crippen LogP contribution is 2.43. The first-order valence-electron chi connectivity index (χ1n) is 6.20. The molecular weight excluding hydrogens is 411 g/mol. The number of anilines is 1. The van der Waals surface area contributed by atoms with E-state index in [1.54, 1.807) is 18.2 Å². The third-order valence-corrected chi connectivity index (χ3v) is 4.57. The first-order chi connectivity index (χ1) is 10.1. The maximum atomic E-state index is 12.6. The molecular formula is C12H12Cl5N3OS. The van der Waals surface area contributed by atoms with E-state index in [1.165, 1.54) is 9.31 Å². The maximum Gasteiger partial charge on any atom is 0.350 e. The molecule has 0 bridgehead atoms. The highest BCUT2D eigenvalue weighted by molar-refractivity contribution is 8.03.